The number of β-amino-alcohol motifs (C(OH)–C–C–N with tert-alkyl or cyclic N) is 1. The summed E-state index contributed by atoms with van der Waals surface area (Å²) in [4.78, 5) is 21.9. The molecule has 0 aromatic carbocycles. The first-order chi connectivity index (χ1) is 12.4. The summed E-state index contributed by atoms with van der Waals surface area (Å²) < 4.78 is 7.10. The predicted octanol–water partition coefficient (Wildman–Crippen LogP) is 2.44. The van der Waals surface area contributed by atoms with Gasteiger partial charge in [-0.05, 0) is 33.3 Å². The molecule has 3 heterocycles. The number of thiophene rings is 1. The van der Waals surface area contributed by atoms with E-state index in [-0.39, 0.29) is 11.6 Å². The number of fused-ring (bicyclic) bond motifs is 1. The maximum absolute atomic E-state index is 13.0. The number of hydrogen-bond donors (Lipinski definition) is 1. The van der Waals surface area contributed by atoms with Crippen LogP contribution in [-0.2, 0) is 4.74 Å². The van der Waals surface area contributed by atoms with Crippen LogP contribution < -0.4 is 5.56 Å². The molecule has 2 aromatic heterocycles. The van der Waals surface area contributed by atoms with Crippen molar-refractivity contribution >= 4 is 33.3 Å². The normalized spacial score (nSPS) is 17.3. The molecular weight excluding hydrogens is 370 g/mol. The molecule has 8 heteroatoms. The van der Waals surface area contributed by atoms with Gasteiger partial charge in [0.25, 0.3) is 5.56 Å². The molecule has 0 amide bonds. The Morgan fingerprint density at radius 3 is 2.65 bits per heavy atom. The molecule has 0 bridgehead atoms. The van der Waals surface area contributed by atoms with Gasteiger partial charge in [0.2, 0.25) is 0 Å². The third-order valence-electron chi connectivity index (χ3n) is 4.70. The second kappa shape index (κ2) is 8.39. The van der Waals surface area contributed by atoms with Gasteiger partial charge >= 0.3 is 0 Å². The number of ether oxygens (including phenoxy) is 1. The minimum Gasteiger partial charge on any atom is -0.391 e. The minimum absolute atomic E-state index is 0.0250. The summed E-state index contributed by atoms with van der Waals surface area (Å²) in [5, 5.41) is 11.8. The smallest absolute Gasteiger partial charge is 0.263 e. The number of hydrogen-bond acceptors (Lipinski definition) is 7. The molecule has 1 atom stereocenters. The van der Waals surface area contributed by atoms with Crippen LogP contribution in [0.2, 0.25) is 0 Å². The van der Waals surface area contributed by atoms with Gasteiger partial charge in [-0.1, -0.05) is 11.8 Å². The number of aliphatic hydroxyl groups excluding tert-OH is 1. The lowest BCUT2D eigenvalue weighted by atomic mass is 10.2. The van der Waals surface area contributed by atoms with Gasteiger partial charge in [-0.2, -0.15) is 0 Å². The van der Waals surface area contributed by atoms with Crippen molar-refractivity contribution in [3.63, 3.8) is 0 Å². The highest BCUT2D eigenvalue weighted by atomic mass is 32.2. The zero-order valence-electron chi connectivity index (χ0n) is 15.8. The Balaban J connectivity index is 1.80. The monoisotopic (exact) mass is 397 g/mol. The highest BCUT2D eigenvalue weighted by Gasteiger charge is 2.20. The van der Waals surface area contributed by atoms with Gasteiger partial charge in [0, 0.05) is 36.3 Å². The minimum atomic E-state index is -0.460. The third-order valence-corrected chi connectivity index (χ3v) is 6.90. The van der Waals surface area contributed by atoms with Gasteiger partial charge in [0.1, 0.15) is 4.83 Å². The van der Waals surface area contributed by atoms with Gasteiger partial charge in [-0.15, -0.1) is 11.3 Å². The zero-order chi connectivity index (χ0) is 18.8. The number of aromatic nitrogens is 2. The maximum atomic E-state index is 13.0. The van der Waals surface area contributed by atoms with Crippen LogP contribution in [0.25, 0.3) is 10.2 Å². The number of rotatable bonds is 6. The maximum Gasteiger partial charge on any atom is 0.263 e. The zero-order valence-corrected chi connectivity index (χ0v) is 17.5. The van der Waals surface area contributed by atoms with Crippen LogP contribution >= 0.6 is 23.1 Å². The lowest BCUT2D eigenvalue weighted by Gasteiger charge is -2.28. The van der Waals surface area contributed by atoms with Crippen LogP contribution in [0.15, 0.2) is 9.95 Å². The Kier molecular flexibility index (Phi) is 6.40. The van der Waals surface area contributed by atoms with Crippen molar-refractivity contribution in [2.24, 2.45) is 0 Å². The van der Waals surface area contributed by atoms with E-state index in [1.54, 1.807) is 15.9 Å². The van der Waals surface area contributed by atoms with Crippen LogP contribution in [-0.4, -0.2) is 64.3 Å². The summed E-state index contributed by atoms with van der Waals surface area (Å²) >= 11 is 3.03. The number of morpholine rings is 1. The van der Waals surface area contributed by atoms with Crippen molar-refractivity contribution in [1.29, 1.82) is 0 Å². The molecule has 0 spiro atoms. The largest absolute Gasteiger partial charge is 0.391 e. The lowest BCUT2D eigenvalue weighted by Crippen LogP contribution is -2.41. The summed E-state index contributed by atoms with van der Waals surface area (Å²) in [7, 11) is 0. The molecule has 1 aliphatic rings. The van der Waals surface area contributed by atoms with Gasteiger partial charge in [0.05, 0.1) is 24.7 Å². The summed E-state index contributed by atoms with van der Waals surface area (Å²) in [5.74, 6) is 0.519. The molecule has 0 saturated carbocycles. The van der Waals surface area contributed by atoms with Crippen molar-refractivity contribution in [1.82, 2.24) is 14.5 Å². The number of aliphatic hydroxyl groups is 1. The Morgan fingerprint density at radius 1 is 1.31 bits per heavy atom. The molecule has 0 unspecified atom stereocenters. The van der Waals surface area contributed by atoms with Crippen molar-refractivity contribution in [3.05, 3.63) is 20.8 Å². The molecule has 1 aliphatic heterocycles. The van der Waals surface area contributed by atoms with E-state index in [2.05, 4.69) is 4.90 Å². The summed E-state index contributed by atoms with van der Waals surface area (Å²) in [6.45, 7) is 11.8. The Morgan fingerprint density at radius 2 is 2.00 bits per heavy atom. The molecule has 144 valence electrons. The van der Waals surface area contributed by atoms with E-state index in [1.807, 2.05) is 27.7 Å². The highest BCUT2D eigenvalue weighted by molar-refractivity contribution is 7.99. The fourth-order valence-corrected chi connectivity index (χ4v) is 5.26. The molecule has 2 aromatic rings. The average Bonchev–Trinajstić information content (AvgIpc) is 2.88. The third kappa shape index (κ3) is 4.14. The van der Waals surface area contributed by atoms with E-state index in [0.717, 1.165) is 47.0 Å². The Bertz CT molecular complexity index is 825. The van der Waals surface area contributed by atoms with Crippen molar-refractivity contribution < 1.29 is 9.84 Å². The average molecular weight is 398 g/mol. The molecule has 1 fully saturated rings. The number of nitrogens with zero attached hydrogens (tertiary/aromatic N) is 3. The van der Waals surface area contributed by atoms with Crippen LogP contribution in [0.3, 0.4) is 0 Å². The summed E-state index contributed by atoms with van der Waals surface area (Å²) in [6.07, 6.45) is -0.460. The number of thioether (sulfide) groups is 1. The molecule has 1 saturated heterocycles. The Labute approximate surface area is 162 Å². The molecule has 0 aliphatic carbocycles. The quantitative estimate of drug-likeness (QED) is 0.597. The number of aryl methyl sites for hydroxylation is 2. The van der Waals surface area contributed by atoms with E-state index >= 15 is 0 Å². The van der Waals surface area contributed by atoms with E-state index in [1.165, 1.54) is 11.8 Å². The summed E-state index contributed by atoms with van der Waals surface area (Å²) in [5.41, 5.74) is 1.05. The van der Waals surface area contributed by atoms with Crippen molar-refractivity contribution in [2.75, 3.05) is 38.6 Å². The van der Waals surface area contributed by atoms with Crippen LogP contribution in [0.5, 0.6) is 0 Å². The first kappa shape index (κ1) is 19.8. The van der Waals surface area contributed by atoms with Gasteiger partial charge < -0.3 is 9.84 Å². The standard InChI is InChI=1S/C18H27N3O3S2/c1-11(2)21-17(23)15-12(3)13(4)26-16(15)19-18(21)25-10-14(22)9-20-5-7-24-8-6-20/h11,14,22H,5-10H2,1-4H3/t14-/m1/s1. The van der Waals surface area contributed by atoms with Crippen molar-refractivity contribution in [3.8, 4) is 0 Å². The van der Waals surface area contributed by atoms with E-state index in [9.17, 15) is 9.90 Å². The molecule has 26 heavy (non-hydrogen) atoms. The molecule has 6 nitrogen and oxygen atoms in total. The van der Waals surface area contributed by atoms with Crippen LogP contribution in [0.1, 0.15) is 30.3 Å². The SMILES string of the molecule is Cc1sc2nc(SC[C@H](O)CN3CCOCC3)n(C(C)C)c(=O)c2c1C. The first-order valence-corrected chi connectivity index (χ1v) is 10.8. The topological polar surface area (TPSA) is 67.6 Å². The van der Waals surface area contributed by atoms with E-state index < -0.39 is 6.10 Å². The molecule has 3 rings (SSSR count). The predicted molar refractivity (Wildman–Crippen MR) is 108 cm³/mol. The molecule has 1 N–H and O–H groups in total. The first-order valence-electron chi connectivity index (χ1n) is 9.01. The highest BCUT2D eigenvalue weighted by Crippen LogP contribution is 2.29. The fraction of sp³-hybridized carbons (Fsp3) is 0.667. The summed E-state index contributed by atoms with van der Waals surface area (Å²) in [6, 6.07) is 0.0258. The second-order valence-electron chi connectivity index (χ2n) is 7.00. The molecular formula is C18H27N3O3S2. The van der Waals surface area contributed by atoms with Crippen molar-refractivity contribution in [2.45, 2.75) is 45.0 Å². The lowest BCUT2D eigenvalue weighted by molar-refractivity contribution is 0.0188. The van der Waals surface area contributed by atoms with E-state index in [4.69, 9.17) is 9.72 Å². The fourth-order valence-electron chi connectivity index (χ4n) is 3.15. The second-order valence-corrected chi connectivity index (χ2v) is 9.19. The van der Waals surface area contributed by atoms with Gasteiger partial charge in [-0.25, -0.2) is 4.98 Å². The molecule has 0 radical (unpaired) electrons. The Hall–Kier alpha value is -0.930. The van der Waals surface area contributed by atoms with E-state index in [0.29, 0.717) is 17.5 Å². The van der Waals surface area contributed by atoms with Crippen LogP contribution in [0.4, 0.5) is 0 Å². The van der Waals surface area contributed by atoms with Gasteiger partial charge in [-0.3, -0.25) is 14.3 Å². The van der Waals surface area contributed by atoms with Gasteiger partial charge in [0.15, 0.2) is 5.16 Å². The van der Waals surface area contributed by atoms with Crippen LogP contribution in [0, 0.1) is 13.8 Å².